The Kier molecular flexibility index (Phi) is 4.71. The molecule has 0 amide bonds. The van der Waals surface area contributed by atoms with Gasteiger partial charge in [0.15, 0.2) is 0 Å². The van der Waals surface area contributed by atoms with Crippen LogP contribution in [0.3, 0.4) is 0 Å². The Hall–Kier alpha value is -2.00. The standard InChI is InChI=1S/C13H8ClF4NO3S/c14-8-1-6-12(11(15)7-8)19-23(20,21)10-4-2-9(3-5-10)22-13(16,17)18/h1-7,19H. The molecule has 4 nitrogen and oxygen atoms in total. The predicted octanol–water partition coefficient (Wildman–Crippen LogP) is 4.18. The van der Waals surface area contributed by atoms with E-state index in [1.54, 1.807) is 0 Å². The summed E-state index contributed by atoms with van der Waals surface area (Å²) in [4.78, 5) is -0.360. The third-order valence-corrected chi connectivity index (χ3v) is 4.16. The van der Waals surface area contributed by atoms with Gasteiger partial charge in [0.05, 0.1) is 10.6 Å². The molecule has 0 bridgehead atoms. The van der Waals surface area contributed by atoms with Crippen molar-refractivity contribution in [2.24, 2.45) is 0 Å². The minimum absolute atomic E-state index is 0.0825. The summed E-state index contributed by atoms with van der Waals surface area (Å²) < 4.78 is 79.4. The van der Waals surface area contributed by atoms with E-state index in [0.717, 1.165) is 36.4 Å². The number of halogens is 5. The van der Waals surface area contributed by atoms with Crippen molar-refractivity contribution in [3.8, 4) is 5.75 Å². The quantitative estimate of drug-likeness (QED) is 0.823. The minimum atomic E-state index is -4.88. The predicted molar refractivity (Wildman–Crippen MR) is 75.3 cm³/mol. The first-order valence-electron chi connectivity index (χ1n) is 5.90. The molecule has 0 saturated carbocycles. The second kappa shape index (κ2) is 6.25. The van der Waals surface area contributed by atoms with Crippen molar-refractivity contribution in [1.29, 1.82) is 0 Å². The number of rotatable bonds is 4. The summed E-state index contributed by atoms with van der Waals surface area (Å²) in [5, 5.41) is 0.0825. The lowest BCUT2D eigenvalue weighted by molar-refractivity contribution is -0.274. The van der Waals surface area contributed by atoms with Crippen LogP contribution in [0.2, 0.25) is 5.02 Å². The van der Waals surface area contributed by atoms with Crippen LogP contribution >= 0.6 is 11.6 Å². The normalized spacial score (nSPS) is 12.0. The van der Waals surface area contributed by atoms with Crippen molar-refractivity contribution in [3.63, 3.8) is 0 Å². The molecule has 0 radical (unpaired) electrons. The van der Waals surface area contributed by atoms with Gasteiger partial charge >= 0.3 is 6.36 Å². The highest BCUT2D eigenvalue weighted by atomic mass is 35.5. The Balaban J connectivity index is 2.22. The van der Waals surface area contributed by atoms with Crippen LogP contribution in [0.4, 0.5) is 23.2 Å². The van der Waals surface area contributed by atoms with Crippen LogP contribution in [0.5, 0.6) is 5.75 Å². The SMILES string of the molecule is O=S(=O)(Nc1ccc(Cl)cc1F)c1ccc(OC(F)(F)F)cc1. The molecule has 1 N–H and O–H groups in total. The molecule has 0 fully saturated rings. The summed E-state index contributed by atoms with van der Waals surface area (Å²) in [5.41, 5.74) is -0.343. The van der Waals surface area contributed by atoms with Gasteiger partial charge in [0.1, 0.15) is 11.6 Å². The van der Waals surface area contributed by atoms with Gasteiger partial charge < -0.3 is 4.74 Å². The van der Waals surface area contributed by atoms with E-state index >= 15 is 0 Å². The van der Waals surface area contributed by atoms with E-state index in [1.165, 1.54) is 6.07 Å². The third-order valence-electron chi connectivity index (χ3n) is 2.54. The van der Waals surface area contributed by atoms with Crippen LogP contribution in [-0.4, -0.2) is 14.8 Å². The Labute approximate surface area is 133 Å². The van der Waals surface area contributed by atoms with Crippen molar-refractivity contribution in [2.45, 2.75) is 11.3 Å². The van der Waals surface area contributed by atoms with Gasteiger partial charge in [-0.25, -0.2) is 12.8 Å². The van der Waals surface area contributed by atoms with Gasteiger partial charge in [-0.2, -0.15) is 0 Å². The lowest BCUT2D eigenvalue weighted by atomic mass is 10.3. The summed E-state index contributed by atoms with van der Waals surface area (Å²) in [5.74, 6) is -1.47. The molecule has 0 saturated heterocycles. The molecule has 0 heterocycles. The molecule has 0 spiro atoms. The van der Waals surface area contributed by atoms with Gasteiger partial charge in [0, 0.05) is 5.02 Å². The molecule has 2 rings (SSSR count). The number of nitrogens with one attached hydrogen (secondary N) is 1. The average Bonchev–Trinajstić information content (AvgIpc) is 2.41. The Morgan fingerprint density at radius 2 is 1.65 bits per heavy atom. The summed E-state index contributed by atoms with van der Waals surface area (Å²) >= 11 is 5.55. The molecule has 0 aliphatic carbocycles. The van der Waals surface area contributed by atoms with E-state index in [2.05, 4.69) is 4.74 Å². The first-order valence-corrected chi connectivity index (χ1v) is 7.77. The summed E-state index contributed by atoms with van der Waals surface area (Å²) in [6, 6.07) is 6.79. The molecular weight excluding hydrogens is 362 g/mol. The van der Waals surface area contributed by atoms with E-state index in [-0.39, 0.29) is 15.6 Å². The van der Waals surface area contributed by atoms with E-state index in [4.69, 9.17) is 11.6 Å². The molecular formula is C13H8ClF4NO3S. The fourth-order valence-corrected chi connectivity index (χ4v) is 2.82. The van der Waals surface area contributed by atoms with Crippen molar-refractivity contribution in [2.75, 3.05) is 4.72 Å². The van der Waals surface area contributed by atoms with Crippen LogP contribution in [0.15, 0.2) is 47.4 Å². The van der Waals surface area contributed by atoms with E-state index < -0.39 is 28.0 Å². The fourth-order valence-electron chi connectivity index (χ4n) is 1.60. The largest absolute Gasteiger partial charge is 0.573 e. The number of sulfonamides is 1. The van der Waals surface area contributed by atoms with Crippen LogP contribution in [0.1, 0.15) is 0 Å². The maximum atomic E-state index is 13.6. The zero-order valence-corrected chi connectivity index (χ0v) is 12.6. The van der Waals surface area contributed by atoms with Crippen molar-refractivity contribution >= 4 is 27.3 Å². The number of hydrogen-bond acceptors (Lipinski definition) is 3. The Morgan fingerprint density at radius 1 is 1.04 bits per heavy atom. The monoisotopic (exact) mass is 369 g/mol. The Morgan fingerprint density at radius 3 is 2.17 bits per heavy atom. The second-order valence-electron chi connectivity index (χ2n) is 4.25. The highest BCUT2D eigenvalue weighted by Crippen LogP contribution is 2.26. The molecule has 0 aliphatic rings. The first kappa shape index (κ1) is 17.4. The first-order chi connectivity index (χ1) is 10.6. The summed E-state index contributed by atoms with van der Waals surface area (Å²) in [7, 11) is -4.18. The third kappa shape index (κ3) is 4.73. The van der Waals surface area contributed by atoms with Crippen LogP contribution in [0, 0.1) is 5.82 Å². The van der Waals surface area contributed by atoms with Crippen molar-refractivity contribution in [1.82, 2.24) is 0 Å². The molecule has 23 heavy (non-hydrogen) atoms. The smallest absolute Gasteiger partial charge is 0.406 e. The number of anilines is 1. The number of benzene rings is 2. The van der Waals surface area contributed by atoms with Crippen LogP contribution in [-0.2, 0) is 10.0 Å². The van der Waals surface area contributed by atoms with E-state index in [1.807, 2.05) is 4.72 Å². The molecule has 2 aromatic carbocycles. The second-order valence-corrected chi connectivity index (χ2v) is 6.37. The van der Waals surface area contributed by atoms with Crippen molar-refractivity contribution < 1.29 is 30.7 Å². The summed E-state index contributed by atoms with van der Waals surface area (Å²) in [6.45, 7) is 0. The van der Waals surface area contributed by atoms with E-state index in [9.17, 15) is 26.0 Å². The molecule has 10 heteroatoms. The molecule has 124 valence electrons. The number of ether oxygens (including phenoxy) is 1. The zero-order valence-electron chi connectivity index (χ0n) is 11.1. The highest BCUT2D eigenvalue weighted by Gasteiger charge is 2.31. The molecule has 0 aromatic heterocycles. The van der Waals surface area contributed by atoms with E-state index in [0.29, 0.717) is 0 Å². The summed E-state index contributed by atoms with van der Waals surface area (Å²) in [6.07, 6.45) is -4.88. The topological polar surface area (TPSA) is 55.4 Å². The lowest BCUT2D eigenvalue weighted by Crippen LogP contribution is -2.17. The molecule has 0 atom stereocenters. The van der Waals surface area contributed by atoms with Gasteiger partial charge in [-0.3, -0.25) is 4.72 Å². The molecule has 0 aliphatic heterocycles. The van der Waals surface area contributed by atoms with Crippen LogP contribution in [0.25, 0.3) is 0 Å². The van der Waals surface area contributed by atoms with Gasteiger partial charge in [0.25, 0.3) is 10.0 Å². The van der Waals surface area contributed by atoms with Crippen LogP contribution < -0.4 is 9.46 Å². The maximum Gasteiger partial charge on any atom is 0.573 e. The van der Waals surface area contributed by atoms with Gasteiger partial charge in [-0.1, -0.05) is 11.6 Å². The number of hydrogen-bond donors (Lipinski definition) is 1. The molecule has 0 unspecified atom stereocenters. The highest BCUT2D eigenvalue weighted by molar-refractivity contribution is 7.92. The minimum Gasteiger partial charge on any atom is -0.406 e. The zero-order chi connectivity index (χ0) is 17.3. The van der Waals surface area contributed by atoms with Gasteiger partial charge in [-0.15, -0.1) is 13.2 Å². The van der Waals surface area contributed by atoms with Gasteiger partial charge in [0.2, 0.25) is 0 Å². The van der Waals surface area contributed by atoms with Gasteiger partial charge in [-0.05, 0) is 42.5 Å². The lowest BCUT2D eigenvalue weighted by Gasteiger charge is -2.11. The average molecular weight is 370 g/mol. The Bertz CT molecular complexity index is 807. The molecule has 2 aromatic rings. The maximum absolute atomic E-state index is 13.6. The number of alkyl halides is 3. The van der Waals surface area contributed by atoms with Crippen molar-refractivity contribution in [3.05, 3.63) is 53.3 Å². The fraction of sp³-hybridized carbons (Fsp3) is 0.0769.